The van der Waals surface area contributed by atoms with Gasteiger partial charge in [-0.15, -0.1) is 0 Å². The Balaban J connectivity index is 1.48. The van der Waals surface area contributed by atoms with Crippen molar-refractivity contribution in [3.05, 3.63) is 70.0 Å². The lowest BCUT2D eigenvalue weighted by atomic mass is 9.51. The number of hydrogen-bond donors (Lipinski definition) is 2. The molecule has 218 valence electrons. The van der Waals surface area contributed by atoms with Crippen molar-refractivity contribution in [3.63, 3.8) is 0 Å². The zero-order valence-corrected chi connectivity index (χ0v) is 23.6. The van der Waals surface area contributed by atoms with Crippen molar-refractivity contribution in [3.8, 4) is 5.75 Å². The predicted molar refractivity (Wildman–Crippen MR) is 148 cm³/mol. The number of nitrogens with zero attached hydrogens (tertiary/aromatic N) is 2. The second-order valence-corrected chi connectivity index (χ2v) is 12.2. The fourth-order valence-corrected chi connectivity index (χ4v) is 7.79. The molecule has 6 rings (SSSR count). The molecule has 6 atom stereocenters. The van der Waals surface area contributed by atoms with Crippen LogP contribution in [-0.4, -0.2) is 51.3 Å². The minimum absolute atomic E-state index is 0.0625. The Morgan fingerprint density at radius 2 is 1.81 bits per heavy atom. The number of phenolic OH excluding ortho intramolecular Hbond substituents is 1. The van der Waals surface area contributed by atoms with E-state index in [1.165, 1.54) is 18.2 Å². The van der Waals surface area contributed by atoms with Crippen LogP contribution in [0.3, 0.4) is 0 Å². The van der Waals surface area contributed by atoms with Crippen LogP contribution in [0.4, 0.5) is 10.1 Å². The predicted octanol–water partition coefficient (Wildman–Crippen LogP) is 4.20. The van der Waals surface area contributed by atoms with Crippen molar-refractivity contribution >= 4 is 46.9 Å². The molecule has 2 aromatic carbocycles. The lowest BCUT2D eigenvalue weighted by Gasteiger charge is -2.49. The summed E-state index contributed by atoms with van der Waals surface area (Å²) >= 11 is 6.01. The number of carboxylic acid groups (broad SMARTS) is 1. The molecule has 11 heteroatoms. The number of likely N-dealkylation sites (tertiary alicyclic amines) is 1. The van der Waals surface area contributed by atoms with Crippen LogP contribution in [0, 0.1) is 41.8 Å². The van der Waals surface area contributed by atoms with Gasteiger partial charge >= 0.3 is 5.97 Å². The second-order valence-electron chi connectivity index (χ2n) is 11.8. The molecule has 9 nitrogen and oxygen atoms in total. The number of aryl methyl sites for hydroxylation is 1. The third kappa shape index (κ3) is 3.91. The highest BCUT2D eigenvalue weighted by Crippen LogP contribution is 2.63. The third-order valence-electron chi connectivity index (χ3n) is 9.63. The number of imide groups is 2. The van der Waals surface area contributed by atoms with Crippen molar-refractivity contribution in [1.82, 2.24) is 4.90 Å². The molecule has 4 aliphatic rings. The first-order valence-electron chi connectivity index (χ1n) is 13.8. The number of aliphatic carboxylic acids is 1. The molecule has 0 radical (unpaired) electrons. The number of phenols is 1. The maximum Gasteiger partial charge on any atom is 0.305 e. The monoisotopic (exact) mass is 594 g/mol. The molecule has 2 saturated heterocycles. The molecule has 3 fully saturated rings. The summed E-state index contributed by atoms with van der Waals surface area (Å²) in [6, 6.07) is 8.61. The van der Waals surface area contributed by atoms with E-state index in [-0.39, 0.29) is 42.3 Å². The van der Waals surface area contributed by atoms with E-state index in [9.17, 15) is 33.5 Å². The number of allylic oxidation sites excluding steroid dienone is 2. The second kappa shape index (κ2) is 9.76. The van der Waals surface area contributed by atoms with E-state index in [1.807, 2.05) is 6.08 Å². The topological polar surface area (TPSA) is 132 Å². The van der Waals surface area contributed by atoms with Crippen molar-refractivity contribution in [2.75, 3.05) is 11.4 Å². The fourth-order valence-electron chi connectivity index (χ4n) is 7.62. The summed E-state index contributed by atoms with van der Waals surface area (Å²) < 4.78 is 14.0. The van der Waals surface area contributed by atoms with Crippen LogP contribution in [0.15, 0.2) is 48.0 Å². The van der Waals surface area contributed by atoms with Crippen molar-refractivity contribution in [2.24, 2.45) is 29.1 Å². The zero-order valence-electron chi connectivity index (χ0n) is 22.8. The molecule has 0 bridgehead atoms. The van der Waals surface area contributed by atoms with Gasteiger partial charge in [-0.1, -0.05) is 35.4 Å². The zero-order chi connectivity index (χ0) is 30.2. The summed E-state index contributed by atoms with van der Waals surface area (Å²) in [6.45, 7) is 3.21. The average Bonchev–Trinajstić information content (AvgIpc) is 3.30. The maximum atomic E-state index is 14.3. The Morgan fingerprint density at radius 1 is 1.07 bits per heavy atom. The van der Waals surface area contributed by atoms with Crippen LogP contribution in [0.2, 0.25) is 5.02 Å². The molecule has 1 saturated carbocycles. The molecular formula is C31H28ClFN2O7. The van der Waals surface area contributed by atoms with Crippen LogP contribution in [-0.2, 0) is 24.0 Å². The highest BCUT2D eigenvalue weighted by Gasteiger charge is 2.67. The molecule has 2 aliphatic carbocycles. The summed E-state index contributed by atoms with van der Waals surface area (Å²) in [4.78, 5) is 68.6. The number of aromatic hydroxyl groups is 1. The summed E-state index contributed by atoms with van der Waals surface area (Å²) in [5.74, 6) is -7.25. The minimum Gasteiger partial charge on any atom is -0.508 e. The molecule has 0 spiro atoms. The molecule has 0 unspecified atom stereocenters. The smallest absolute Gasteiger partial charge is 0.305 e. The van der Waals surface area contributed by atoms with Gasteiger partial charge in [0, 0.05) is 12.5 Å². The molecular weight excluding hydrogens is 567 g/mol. The quantitative estimate of drug-likeness (QED) is 0.392. The summed E-state index contributed by atoms with van der Waals surface area (Å²) in [7, 11) is 0. The number of anilines is 1. The van der Waals surface area contributed by atoms with Crippen molar-refractivity contribution < 1.29 is 38.6 Å². The van der Waals surface area contributed by atoms with E-state index in [2.05, 4.69) is 0 Å². The minimum atomic E-state index is -1.30. The summed E-state index contributed by atoms with van der Waals surface area (Å²) in [6.07, 6.45) is 1.87. The number of carbonyl (C=O) groups excluding carboxylic acids is 4. The van der Waals surface area contributed by atoms with E-state index in [0.29, 0.717) is 11.1 Å². The molecule has 4 amide bonds. The van der Waals surface area contributed by atoms with Gasteiger partial charge in [-0.3, -0.25) is 28.9 Å². The molecule has 2 aromatic rings. The first kappa shape index (κ1) is 28.1. The Kier molecular flexibility index (Phi) is 6.53. The Bertz CT molecular complexity index is 1620. The van der Waals surface area contributed by atoms with E-state index < -0.39 is 70.4 Å². The van der Waals surface area contributed by atoms with Gasteiger partial charge in [0.25, 0.3) is 0 Å². The van der Waals surface area contributed by atoms with Gasteiger partial charge in [0.15, 0.2) is 0 Å². The number of carbonyl (C=O) groups is 5. The van der Waals surface area contributed by atoms with Crippen LogP contribution in [0.25, 0.3) is 0 Å². The number of halogens is 2. The van der Waals surface area contributed by atoms with Crippen LogP contribution < -0.4 is 4.90 Å². The highest BCUT2D eigenvalue weighted by molar-refractivity contribution is 6.31. The van der Waals surface area contributed by atoms with Crippen molar-refractivity contribution in [1.29, 1.82) is 0 Å². The Hall–Kier alpha value is -4.05. The van der Waals surface area contributed by atoms with E-state index in [0.717, 1.165) is 21.4 Å². The number of carboxylic acids is 1. The first-order chi connectivity index (χ1) is 19.9. The Labute approximate surface area is 245 Å². The maximum absolute atomic E-state index is 14.3. The largest absolute Gasteiger partial charge is 0.508 e. The summed E-state index contributed by atoms with van der Waals surface area (Å²) in [5, 5.41) is 19.2. The molecule has 2 aliphatic heterocycles. The number of fused-ring (bicyclic) bond motifs is 4. The van der Waals surface area contributed by atoms with Gasteiger partial charge in [-0.25, -0.2) is 9.29 Å². The number of rotatable bonds is 5. The lowest BCUT2D eigenvalue weighted by molar-refractivity contribution is -0.142. The normalized spacial score (nSPS) is 30.3. The highest BCUT2D eigenvalue weighted by atomic mass is 35.5. The average molecular weight is 595 g/mol. The first-order valence-corrected chi connectivity index (χ1v) is 14.1. The molecule has 0 aromatic heterocycles. The number of hydrogen-bond acceptors (Lipinski definition) is 6. The van der Waals surface area contributed by atoms with E-state index in [1.54, 1.807) is 26.0 Å². The Morgan fingerprint density at radius 3 is 2.48 bits per heavy atom. The molecule has 42 heavy (non-hydrogen) atoms. The van der Waals surface area contributed by atoms with Gasteiger partial charge in [-0.2, -0.15) is 0 Å². The van der Waals surface area contributed by atoms with Crippen molar-refractivity contribution in [2.45, 2.75) is 39.0 Å². The van der Waals surface area contributed by atoms with Crippen LogP contribution >= 0.6 is 11.6 Å². The van der Waals surface area contributed by atoms with Gasteiger partial charge in [0.05, 0.1) is 40.3 Å². The van der Waals surface area contributed by atoms with Crippen LogP contribution in [0.5, 0.6) is 5.75 Å². The fraction of sp³-hybridized carbons (Fsp3) is 0.387. The number of benzene rings is 2. The van der Waals surface area contributed by atoms with E-state index >= 15 is 0 Å². The third-order valence-corrected chi connectivity index (χ3v) is 9.92. The SMILES string of the molecule is Cc1cc([C@H]2C3=CC[C@@H]4C(=O)N(CCC(=O)O)C(=O)[C@@H]4[C@@H]3C[C@H]3C(=O)N(c4ccc(F)c(Cl)c4)C(=O)[C@@]23C)ccc1O. The van der Waals surface area contributed by atoms with Crippen LogP contribution in [0.1, 0.15) is 43.2 Å². The van der Waals surface area contributed by atoms with Gasteiger partial charge in [0.2, 0.25) is 23.6 Å². The number of amides is 4. The van der Waals surface area contributed by atoms with E-state index in [4.69, 9.17) is 16.7 Å². The lowest BCUT2D eigenvalue weighted by Crippen LogP contribution is -2.48. The summed E-state index contributed by atoms with van der Waals surface area (Å²) in [5.41, 5.74) is 0.836. The molecule has 2 heterocycles. The van der Waals surface area contributed by atoms with Gasteiger partial charge in [0.1, 0.15) is 11.6 Å². The van der Waals surface area contributed by atoms with Gasteiger partial charge in [-0.05, 0) is 68.0 Å². The molecule has 2 N–H and O–H groups in total. The van der Waals surface area contributed by atoms with Gasteiger partial charge < -0.3 is 10.2 Å². The standard InChI is InChI=1S/C31H28ClFN2O7/c1-14-11-15(3-8-23(14)36)26-17-5-6-18-25(29(41)34(27(18)39)10-9-24(37)38)19(17)13-20-28(40)35(30(42)31(20,26)2)16-4-7-22(33)21(32)12-16/h3-5,7-8,11-12,18-20,25-26,36H,6,9-10,13H2,1-2H3,(H,37,38)/t18-,19+,20-,25-,26-,31+/m0/s1.